The van der Waals surface area contributed by atoms with Crippen molar-refractivity contribution < 1.29 is 8.78 Å². The van der Waals surface area contributed by atoms with Gasteiger partial charge in [-0.2, -0.15) is 11.8 Å². The third-order valence-corrected chi connectivity index (χ3v) is 8.49. The molecule has 0 N–H and O–H groups in total. The van der Waals surface area contributed by atoms with Gasteiger partial charge in [-0.3, -0.25) is 0 Å². The molecule has 3 unspecified atom stereocenters. The zero-order valence-corrected chi connectivity index (χ0v) is 16.7. The zero-order valence-electron chi connectivity index (χ0n) is 15.9. The first-order valence-corrected chi connectivity index (χ1v) is 11.3. The molecule has 0 aromatic carbocycles. The summed E-state index contributed by atoms with van der Waals surface area (Å²) in [6, 6.07) is 0.741. The second kappa shape index (κ2) is 8.73. The molecule has 1 saturated heterocycles. The second-order valence-electron chi connectivity index (χ2n) is 8.70. The minimum absolute atomic E-state index is 0.380. The van der Waals surface area contributed by atoms with Gasteiger partial charge in [-0.1, -0.05) is 18.6 Å². The highest BCUT2D eigenvalue weighted by molar-refractivity contribution is 7.99. The fraction of sp³-hybridized carbons (Fsp3) is 0.905. The van der Waals surface area contributed by atoms with Gasteiger partial charge in [-0.25, -0.2) is 8.78 Å². The van der Waals surface area contributed by atoms with Crippen molar-refractivity contribution in [3.8, 4) is 0 Å². The minimum Gasteiger partial charge on any atom is -0.303 e. The molecular weight excluding hydrogens is 336 g/mol. The Morgan fingerprint density at radius 2 is 1.76 bits per heavy atom. The Kier molecular flexibility index (Phi) is 6.87. The maximum Gasteiger partial charge on any atom is 0.248 e. The average molecular weight is 372 g/mol. The molecule has 0 radical (unpaired) electrons. The second-order valence-corrected chi connectivity index (χ2v) is 9.97. The van der Waals surface area contributed by atoms with Gasteiger partial charge >= 0.3 is 0 Å². The van der Waals surface area contributed by atoms with Gasteiger partial charge in [-0.15, -0.1) is 0 Å². The van der Waals surface area contributed by atoms with E-state index < -0.39 is 5.92 Å². The number of allylic oxidation sites excluding steroid dienone is 2. The van der Waals surface area contributed by atoms with Crippen LogP contribution in [0.4, 0.5) is 8.78 Å². The molecule has 1 heterocycles. The lowest BCUT2D eigenvalue weighted by Crippen LogP contribution is -2.45. The standard InChI is InChI=1S/C21H35F2NS/c1-21(22,23)17-12-10-16(11-13-17)15-25-20-9-4-3-7-18(20)19-8-5-6-14-24(19)2/h3-4,16-20H,5-15H2,1-2H3. The average Bonchev–Trinajstić information content (AvgIpc) is 2.60. The van der Waals surface area contributed by atoms with Crippen molar-refractivity contribution in [2.45, 2.75) is 81.9 Å². The molecule has 3 atom stereocenters. The first-order chi connectivity index (χ1) is 11.9. The summed E-state index contributed by atoms with van der Waals surface area (Å²) >= 11 is 2.15. The summed E-state index contributed by atoms with van der Waals surface area (Å²) in [5, 5.41) is 0.723. The van der Waals surface area contributed by atoms with Crippen LogP contribution in [0.3, 0.4) is 0 Å². The Morgan fingerprint density at radius 3 is 2.44 bits per heavy atom. The van der Waals surface area contributed by atoms with Gasteiger partial charge in [-0.05, 0) is 89.5 Å². The highest BCUT2D eigenvalue weighted by Crippen LogP contribution is 2.42. The Hall–Kier alpha value is -0.0900. The molecule has 2 aliphatic carbocycles. The normalized spacial score (nSPS) is 38.0. The molecule has 0 amide bonds. The van der Waals surface area contributed by atoms with E-state index in [0.717, 1.165) is 37.0 Å². The predicted octanol–water partition coefficient (Wildman–Crippen LogP) is 6.00. The van der Waals surface area contributed by atoms with E-state index in [9.17, 15) is 8.78 Å². The quantitative estimate of drug-likeness (QED) is 0.545. The van der Waals surface area contributed by atoms with E-state index in [1.807, 2.05) is 0 Å². The van der Waals surface area contributed by atoms with Crippen LogP contribution in [0.25, 0.3) is 0 Å². The molecule has 0 spiro atoms. The number of thioether (sulfide) groups is 1. The zero-order chi connectivity index (χ0) is 17.9. The van der Waals surface area contributed by atoms with E-state index in [1.54, 1.807) is 0 Å². The van der Waals surface area contributed by atoms with E-state index in [2.05, 4.69) is 35.9 Å². The van der Waals surface area contributed by atoms with E-state index >= 15 is 0 Å². The van der Waals surface area contributed by atoms with Crippen LogP contribution in [-0.2, 0) is 0 Å². The van der Waals surface area contributed by atoms with Gasteiger partial charge in [0.2, 0.25) is 5.92 Å². The number of alkyl halides is 2. The maximum absolute atomic E-state index is 13.5. The van der Waals surface area contributed by atoms with Crippen molar-refractivity contribution in [1.82, 2.24) is 4.90 Å². The van der Waals surface area contributed by atoms with E-state index in [1.165, 1.54) is 44.4 Å². The van der Waals surface area contributed by atoms with Gasteiger partial charge < -0.3 is 4.90 Å². The number of hydrogen-bond acceptors (Lipinski definition) is 2. The molecule has 25 heavy (non-hydrogen) atoms. The molecule has 0 aromatic rings. The monoisotopic (exact) mass is 371 g/mol. The number of hydrogen-bond donors (Lipinski definition) is 0. The lowest BCUT2D eigenvalue weighted by Gasteiger charge is -2.42. The van der Waals surface area contributed by atoms with Crippen LogP contribution in [0, 0.1) is 17.8 Å². The first kappa shape index (κ1) is 19.7. The SMILES string of the molecule is CN1CCCCC1C1CC=CCC1SCC1CCC(C(C)(F)F)CC1. The third-order valence-electron chi connectivity index (χ3n) is 6.85. The number of rotatable bonds is 5. The Bertz CT molecular complexity index is 440. The fourth-order valence-electron chi connectivity index (χ4n) is 5.14. The van der Waals surface area contributed by atoms with Crippen molar-refractivity contribution in [3.05, 3.63) is 12.2 Å². The molecule has 2 fully saturated rings. The maximum atomic E-state index is 13.5. The van der Waals surface area contributed by atoms with Crippen LogP contribution in [0.1, 0.15) is 64.7 Å². The molecule has 1 nitrogen and oxygen atoms in total. The van der Waals surface area contributed by atoms with Gasteiger partial charge in [0.25, 0.3) is 0 Å². The molecule has 4 heteroatoms. The van der Waals surface area contributed by atoms with Crippen molar-refractivity contribution in [1.29, 1.82) is 0 Å². The number of halogens is 2. The van der Waals surface area contributed by atoms with Gasteiger partial charge in [0.05, 0.1) is 0 Å². The topological polar surface area (TPSA) is 3.24 Å². The van der Waals surface area contributed by atoms with E-state index in [0.29, 0.717) is 18.8 Å². The summed E-state index contributed by atoms with van der Waals surface area (Å²) < 4.78 is 27.0. The summed E-state index contributed by atoms with van der Waals surface area (Å²) in [5.74, 6) is -0.262. The molecule has 3 aliphatic rings. The van der Waals surface area contributed by atoms with Crippen LogP contribution < -0.4 is 0 Å². The molecule has 1 aliphatic heterocycles. The van der Waals surface area contributed by atoms with Gasteiger partial charge in [0.1, 0.15) is 0 Å². The van der Waals surface area contributed by atoms with E-state index in [-0.39, 0.29) is 5.92 Å². The fourth-order valence-corrected chi connectivity index (χ4v) is 6.78. The number of nitrogens with zero attached hydrogens (tertiary/aromatic N) is 1. The molecule has 3 rings (SSSR count). The third kappa shape index (κ3) is 5.22. The molecule has 0 aromatic heterocycles. The molecule has 0 bridgehead atoms. The Morgan fingerprint density at radius 1 is 1.04 bits per heavy atom. The van der Waals surface area contributed by atoms with Crippen LogP contribution in [0.15, 0.2) is 12.2 Å². The lowest BCUT2D eigenvalue weighted by atomic mass is 9.80. The largest absolute Gasteiger partial charge is 0.303 e. The van der Waals surface area contributed by atoms with Crippen LogP contribution in [0.5, 0.6) is 0 Å². The van der Waals surface area contributed by atoms with Crippen LogP contribution in [-0.4, -0.2) is 41.5 Å². The van der Waals surface area contributed by atoms with Crippen LogP contribution in [0.2, 0.25) is 0 Å². The molecular formula is C21H35F2NS. The summed E-state index contributed by atoms with van der Waals surface area (Å²) in [5.41, 5.74) is 0. The van der Waals surface area contributed by atoms with Crippen molar-refractivity contribution in [2.24, 2.45) is 17.8 Å². The smallest absolute Gasteiger partial charge is 0.248 e. The summed E-state index contributed by atoms with van der Waals surface area (Å²) in [6.45, 7) is 2.35. The van der Waals surface area contributed by atoms with Crippen molar-refractivity contribution >= 4 is 11.8 Å². The molecule has 1 saturated carbocycles. The summed E-state index contributed by atoms with van der Waals surface area (Å²) in [4.78, 5) is 2.59. The highest BCUT2D eigenvalue weighted by Gasteiger charge is 2.38. The Balaban J connectivity index is 1.49. The minimum atomic E-state index is -2.48. The van der Waals surface area contributed by atoms with Crippen molar-refractivity contribution in [3.63, 3.8) is 0 Å². The highest BCUT2D eigenvalue weighted by atomic mass is 32.2. The van der Waals surface area contributed by atoms with Gasteiger partial charge in [0, 0.05) is 17.2 Å². The number of piperidine rings is 1. The van der Waals surface area contributed by atoms with Crippen molar-refractivity contribution in [2.75, 3.05) is 19.3 Å². The number of likely N-dealkylation sites (tertiary alicyclic amines) is 1. The predicted molar refractivity (Wildman–Crippen MR) is 104 cm³/mol. The van der Waals surface area contributed by atoms with E-state index in [4.69, 9.17) is 0 Å². The lowest BCUT2D eigenvalue weighted by molar-refractivity contribution is -0.0567. The summed E-state index contributed by atoms with van der Waals surface area (Å²) in [6.07, 6.45) is 14.7. The molecule has 144 valence electrons. The summed E-state index contributed by atoms with van der Waals surface area (Å²) in [7, 11) is 2.30. The van der Waals surface area contributed by atoms with Crippen LogP contribution >= 0.6 is 11.8 Å². The first-order valence-electron chi connectivity index (χ1n) is 10.3. The van der Waals surface area contributed by atoms with Gasteiger partial charge in [0.15, 0.2) is 0 Å². The Labute approximate surface area is 157 Å².